The Morgan fingerprint density at radius 1 is 1.36 bits per heavy atom. The lowest BCUT2D eigenvalue weighted by Gasteiger charge is -2.15. The van der Waals surface area contributed by atoms with Gasteiger partial charge in [-0.15, -0.1) is 0 Å². The largest absolute Gasteiger partial charge is 0.479 e. The van der Waals surface area contributed by atoms with Crippen LogP contribution in [0.4, 0.5) is 0 Å². The van der Waals surface area contributed by atoms with E-state index in [0.29, 0.717) is 22.3 Å². The van der Waals surface area contributed by atoms with Crippen molar-refractivity contribution in [3.05, 3.63) is 64.0 Å². The highest BCUT2D eigenvalue weighted by Gasteiger charge is 2.16. The molecule has 0 radical (unpaired) electrons. The van der Waals surface area contributed by atoms with E-state index in [4.69, 9.17) is 27.9 Å². The Morgan fingerprint density at radius 3 is 2.88 bits per heavy atom. The molecule has 0 saturated carbocycles. The smallest absolute Gasteiger partial charge is 0.261 e. The number of aromatic nitrogens is 2. The van der Waals surface area contributed by atoms with Crippen molar-refractivity contribution >= 4 is 34.8 Å². The third-order valence-electron chi connectivity index (χ3n) is 3.74. The third-order valence-corrected chi connectivity index (χ3v) is 4.27. The minimum absolute atomic E-state index is 0.250. The minimum Gasteiger partial charge on any atom is -0.479 e. The summed E-state index contributed by atoms with van der Waals surface area (Å²) >= 11 is 11.9. The van der Waals surface area contributed by atoms with Crippen LogP contribution in [0.5, 0.6) is 5.75 Å². The predicted octanol–water partition coefficient (Wildman–Crippen LogP) is 4.03. The number of aryl methyl sites for hydroxylation is 1. The van der Waals surface area contributed by atoms with Crippen molar-refractivity contribution in [3.63, 3.8) is 0 Å². The Labute approximate surface area is 155 Å². The molecular formula is C18H17Cl2N3O2. The van der Waals surface area contributed by atoms with Gasteiger partial charge >= 0.3 is 0 Å². The molecule has 0 aliphatic carbocycles. The molecule has 7 heteroatoms. The van der Waals surface area contributed by atoms with Gasteiger partial charge in [0.05, 0.1) is 17.3 Å². The van der Waals surface area contributed by atoms with E-state index in [2.05, 4.69) is 10.3 Å². The minimum atomic E-state index is -0.697. The van der Waals surface area contributed by atoms with Gasteiger partial charge < -0.3 is 14.5 Å². The molecule has 130 valence electrons. The highest BCUT2D eigenvalue weighted by atomic mass is 35.5. The van der Waals surface area contributed by atoms with Crippen LogP contribution in [0.25, 0.3) is 5.65 Å². The lowest BCUT2D eigenvalue weighted by atomic mass is 10.3. The summed E-state index contributed by atoms with van der Waals surface area (Å²) in [6.07, 6.45) is 3.12. The average molecular weight is 378 g/mol. The molecule has 2 aromatic heterocycles. The number of amides is 1. The van der Waals surface area contributed by atoms with Crippen LogP contribution >= 0.6 is 23.2 Å². The fraction of sp³-hybridized carbons (Fsp3) is 0.222. The molecule has 3 aromatic rings. The molecule has 0 fully saturated rings. The van der Waals surface area contributed by atoms with Crippen molar-refractivity contribution in [1.82, 2.24) is 14.7 Å². The molecule has 1 amide bonds. The molecular weight excluding hydrogens is 361 g/mol. The van der Waals surface area contributed by atoms with E-state index < -0.39 is 6.10 Å². The number of nitrogens with one attached hydrogen (secondary N) is 1. The van der Waals surface area contributed by atoms with Crippen LogP contribution in [0.3, 0.4) is 0 Å². The van der Waals surface area contributed by atoms with Gasteiger partial charge in [0.2, 0.25) is 0 Å². The first kappa shape index (κ1) is 17.6. The van der Waals surface area contributed by atoms with Crippen molar-refractivity contribution in [2.24, 2.45) is 0 Å². The van der Waals surface area contributed by atoms with Crippen LogP contribution in [-0.4, -0.2) is 21.4 Å². The number of ether oxygens (including phenoxy) is 1. The normalized spacial score (nSPS) is 12.2. The molecule has 2 heterocycles. The zero-order chi connectivity index (χ0) is 18.0. The summed E-state index contributed by atoms with van der Waals surface area (Å²) in [4.78, 5) is 16.8. The Morgan fingerprint density at radius 2 is 2.16 bits per heavy atom. The third kappa shape index (κ3) is 4.06. The monoisotopic (exact) mass is 377 g/mol. The highest BCUT2D eigenvalue weighted by Crippen LogP contribution is 2.28. The number of halogens is 2. The molecule has 1 atom stereocenters. The van der Waals surface area contributed by atoms with Gasteiger partial charge in [0.25, 0.3) is 5.91 Å². The topological polar surface area (TPSA) is 55.6 Å². The molecule has 0 bridgehead atoms. The first-order valence-corrected chi connectivity index (χ1v) is 8.52. The number of nitrogens with zero attached hydrogens (tertiary/aromatic N) is 2. The van der Waals surface area contributed by atoms with E-state index >= 15 is 0 Å². The maximum absolute atomic E-state index is 12.2. The zero-order valence-corrected chi connectivity index (χ0v) is 15.3. The van der Waals surface area contributed by atoms with Gasteiger partial charge in [-0.2, -0.15) is 0 Å². The Kier molecular flexibility index (Phi) is 5.16. The van der Waals surface area contributed by atoms with Gasteiger partial charge in [0.1, 0.15) is 11.4 Å². The molecule has 3 rings (SSSR count). The predicted molar refractivity (Wildman–Crippen MR) is 98.3 cm³/mol. The summed E-state index contributed by atoms with van der Waals surface area (Å²) in [6.45, 7) is 3.98. The van der Waals surface area contributed by atoms with Crippen molar-refractivity contribution in [2.75, 3.05) is 0 Å². The van der Waals surface area contributed by atoms with Crippen LogP contribution in [0.2, 0.25) is 10.0 Å². The molecule has 5 nitrogen and oxygen atoms in total. The van der Waals surface area contributed by atoms with Crippen LogP contribution < -0.4 is 10.1 Å². The number of carbonyl (C=O) groups is 1. The van der Waals surface area contributed by atoms with Crippen LogP contribution in [0.1, 0.15) is 18.2 Å². The van der Waals surface area contributed by atoms with Crippen LogP contribution in [0, 0.1) is 6.92 Å². The molecule has 1 aromatic carbocycles. The number of hydrogen-bond donors (Lipinski definition) is 1. The van der Waals surface area contributed by atoms with Crippen molar-refractivity contribution in [2.45, 2.75) is 26.5 Å². The van der Waals surface area contributed by atoms with Crippen LogP contribution in [-0.2, 0) is 11.3 Å². The number of benzene rings is 1. The Balaban J connectivity index is 1.62. The lowest BCUT2D eigenvalue weighted by molar-refractivity contribution is -0.127. The quantitative estimate of drug-likeness (QED) is 0.729. The van der Waals surface area contributed by atoms with Crippen molar-refractivity contribution in [1.29, 1.82) is 0 Å². The van der Waals surface area contributed by atoms with E-state index in [1.54, 1.807) is 25.1 Å². The summed E-state index contributed by atoms with van der Waals surface area (Å²) < 4.78 is 7.53. The lowest BCUT2D eigenvalue weighted by Crippen LogP contribution is -2.36. The summed E-state index contributed by atoms with van der Waals surface area (Å²) in [5, 5.41) is 3.70. The Hall–Kier alpha value is -2.24. The van der Waals surface area contributed by atoms with Crippen molar-refractivity contribution < 1.29 is 9.53 Å². The second-order valence-corrected chi connectivity index (χ2v) is 6.55. The van der Waals surface area contributed by atoms with Gasteiger partial charge in [-0.25, -0.2) is 4.98 Å². The second kappa shape index (κ2) is 7.33. The van der Waals surface area contributed by atoms with Crippen molar-refractivity contribution in [3.8, 4) is 5.75 Å². The van der Waals surface area contributed by atoms with Crippen LogP contribution in [0.15, 0.2) is 42.7 Å². The summed E-state index contributed by atoms with van der Waals surface area (Å²) in [7, 11) is 0. The van der Waals surface area contributed by atoms with Gasteiger partial charge in [0, 0.05) is 17.4 Å². The summed E-state index contributed by atoms with van der Waals surface area (Å²) in [5.74, 6) is 0.164. The maximum Gasteiger partial charge on any atom is 0.261 e. The SMILES string of the molecule is Cc1cccn2cc(CNC(=O)C(C)Oc3ccc(Cl)cc3Cl)nc12. The van der Waals surface area contributed by atoms with Gasteiger partial charge in [-0.3, -0.25) is 4.79 Å². The Bertz CT molecular complexity index is 924. The maximum atomic E-state index is 12.2. The van der Waals surface area contributed by atoms with E-state index in [-0.39, 0.29) is 5.91 Å². The molecule has 0 aliphatic rings. The number of rotatable bonds is 5. The number of pyridine rings is 1. The highest BCUT2D eigenvalue weighted by molar-refractivity contribution is 6.35. The van der Waals surface area contributed by atoms with E-state index in [1.165, 1.54) is 0 Å². The fourth-order valence-electron chi connectivity index (χ4n) is 2.43. The van der Waals surface area contributed by atoms with E-state index in [0.717, 1.165) is 16.9 Å². The molecule has 0 spiro atoms. The van der Waals surface area contributed by atoms with Gasteiger partial charge in [-0.1, -0.05) is 29.3 Å². The second-order valence-electron chi connectivity index (χ2n) is 5.71. The number of carbonyl (C=O) groups excluding carboxylic acids is 1. The molecule has 0 saturated heterocycles. The zero-order valence-electron chi connectivity index (χ0n) is 13.8. The average Bonchev–Trinajstić information content (AvgIpc) is 2.99. The summed E-state index contributed by atoms with van der Waals surface area (Å²) in [5.41, 5.74) is 2.73. The molecule has 1 N–H and O–H groups in total. The van der Waals surface area contributed by atoms with Gasteiger partial charge in [0.15, 0.2) is 6.10 Å². The number of hydrogen-bond acceptors (Lipinski definition) is 3. The number of fused-ring (bicyclic) bond motifs is 1. The number of imidazole rings is 1. The molecule has 25 heavy (non-hydrogen) atoms. The fourth-order valence-corrected chi connectivity index (χ4v) is 2.88. The first-order valence-electron chi connectivity index (χ1n) is 7.76. The molecule has 1 unspecified atom stereocenters. The van der Waals surface area contributed by atoms with Gasteiger partial charge in [-0.05, 0) is 43.7 Å². The van der Waals surface area contributed by atoms with E-state index in [9.17, 15) is 4.79 Å². The summed E-state index contributed by atoms with van der Waals surface area (Å²) in [6, 6.07) is 8.82. The first-order chi connectivity index (χ1) is 11.9. The molecule has 0 aliphatic heterocycles. The standard InChI is InChI=1S/C18H17Cl2N3O2/c1-11-4-3-7-23-10-14(22-17(11)23)9-21-18(24)12(2)25-16-6-5-13(19)8-15(16)20/h3-8,10,12H,9H2,1-2H3,(H,21,24). The van der Waals surface area contributed by atoms with E-state index in [1.807, 2.05) is 35.9 Å².